The first kappa shape index (κ1) is 13.1. The zero-order valence-electron chi connectivity index (χ0n) is 10.0. The Morgan fingerprint density at radius 2 is 2.06 bits per heavy atom. The Hall–Kier alpha value is -0.320. The lowest BCUT2D eigenvalue weighted by atomic mass is 9.98. The van der Waals surface area contributed by atoms with Crippen LogP contribution in [0.25, 0.3) is 0 Å². The van der Waals surface area contributed by atoms with Gasteiger partial charge in [-0.25, -0.2) is 0 Å². The Morgan fingerprint density at radius 1 is 1.24 bits per heavy atom. The lowest BCUT2D eigenvalue weighted by molar-refractivity contribution is -0.140. The summed E-state index contributed by atoms with van der Waals surface area (Å²) in [5, 5.41) is 0. The van der Waals surface area contributed by atoms with Gasteiger partial charge in [0.15, 0.2) is 0 Å². The van der Waals surface area contributed by atoms with Gasteiger partial charge in [-0.2, -0.15) is 0 Å². The highest BCUT2D eigenvalue weighted by Crippen LogP contribution is 2.37. The normalized spacial score (nSPS) is 40.2. The zero-order valence-corrected chi connectivity index (χ0v) is 10.8. The number of carbonyl (C=O) groups is 1. The third kappa shape index (κ3) is 2.30. The van der Waals surface area contributed by atoms with Crippen molar-refractivity contribution in [1.29, 1.82) is 0 Å². The van der Waals surface area contributed by atoms with Crippen molar-refractivity contribution < 1.29 is 9.53 Å². The minimum absolute atomic E-state index is 0. The highest BCUT2D eigenvalue weighted by atomic mass is 35.5. The Balaban J connectivity index is 0.00000108. The molecular weight excluding hydrogens is 240 g/mol. The number of ether oxygens (including phenoxy) is 1. The molecule has 2 N–H and O–H groups in total. The quantitative estimate of drug-likeness (QED) is 0.758. The van der Waals surface area contributed by atoms with E-state index >= 15 is 0 Å². The third-order valence-electron chi connectivity index (χ3n) is 4.43. The van der Waals surface area contributed by atoms with E-state index in [1.807, 2.05) is 4.90 Å². The van der Waals surface area contributed by atoms with Crippen LogP contribution in [0.4, 0.5) is 0 Å². The van der Waals surface area contributed by atoms with Crippen LogP contribution in [0.2, 0.25) is 0 Å². The second kappa shape index (κ2) is 5.12. The Morgan fingerprint density at radius 3 is 2.71 bits per heavy atom. The molecule has 3 aliphatic rings. The maximum atomic E-state index is 12.1. The van der Waals surface area contributed by atoms with E-state index in [0.717, 1.165) is 39.0 Å². The lowest BCUT2D eigenvalue weighted by Gasteiger charge is -2.21. The number of hydrogen-bond donors (Lipinski definition) is 1. The van der Waals surface area contributed by atoms with Crippen LogP contribution in [0.15, 0.2) is 0 Å². The van der Waals surface area contributed by atoms with Crippen LogP contribution in [-0.4, -0.2) is 42.6 Å². The van der Waals surface area contributed by atoms with E-state index in [4.69, 9.17) is 10.5 Å². The summed E-state index contributed by atoms with van der Waals surface area (Å²) in [6.07, 6.45) is 4.10. The number of amides is 1. The predicted molar refractivity (Wildman–Crippen MR) is 67.0 cm³/mol. The van der Waals surface area contributed by atoms with Crippen LogP contribution in [0, 0.1) is 11.8 Å². The Labute approximate surface area is 108 Å². The van der Waals surface area contributed by atoms with Gasteiger partial charge in [0, 0.05) is 25.7 Å². The monoisotopic (exact) mass is 260 g/mol. The van der Waals surface area contributed by atoms with Gasteiger partial charge in [0.25, 0.3) is 5.91 Å². The molecular formula is C12H21ClN2O2. The molecule has 98 valence electrons. The standard InChI is InChI=1S/C12H20N2O2.ClH/c13-10-4-3-8-6-14(7-9(8)10)12(15)11-2-1-5-16-11;/h8-11H,1-7,13H2;1H/t8?,9?,10?,11-;/m0./s1. The minimum atomic E-state index is -0.157. The van der Waals surface area contributed by atoms with E-state index in [1.54, 1.807) is 0 Å². The molecule has 2 heterocycles. The topological polar surface area (TPSA) is 55.6 Å². The largest absolute Gasteiger partial charge is 0.368 e. The second-order valence-corrected chi connectivity index (χ2v) is 5.41. The van der Waals surface area contributed by atoms with E-state index < -0.39 is 0 Å². The van der Waals surface area contributed by atoms with E-state index in [2.05, 4.69) is 0 Å². The smallest absolute Gasteiger partial charge is 0.251 e. The molecule has 0 aromatic heterocycles. The fraction of sp³-hybridized carbons (Fsp3) is 0.917. The molecule has 4 atom stereocenters. The molecule has 0 bridgehead atoms. The molecule has 2 aliphatic heterocycles. The number of likely N-dealkylation sites (tertiary alicyclic amines) is 1. The van der Waals surface area contributed by atoms with Crippen molar-refractivity contribution in [1.82, 2.24) is 4.90 Å². The molecule has 2 saturated heterocycles. The number of nitrogens with zero attached hydrogens (tertiary/aromatic N) is 1. The molecule has 3 fully saturated rings. The maximum absolute atomic E-state index is 12.1. The summed E-state index contributed by atoms with van der Waals surface area (Å²) in [6.45, 7) is 2.53. The first-order valence-corrected chi connectivity index (χ1v) is 6.41. The molecule has 1 saturated carbocycles. The van der Waals surface area contributed by atoms with Gasteiger partial charge in [-0.1, -0.05) is 0 Å². The molecule has 0 aromatic carbocycles. The summed E-state index contributed by atoms with van der Waals surface area (Å²) >= 11 is 0. The number of carbonyl (C=O) groups excluding carboxylic acids is 1. The molecule has 0 spiro atoms. The predicted octanol–water partition coefficient (Wildman–Crippen LogP) is 0.783. The number of halogens is 1. The van der Waals surface area contributed by atoms with Gasteiger partial charge >= 0.3 is 0 Å². The van der Waals surface area contributed by atoms with E-state index in [9.17, 15) is 4.79 Å². The van der Waals surface area contributed by atoms with Crippen LogP contribution in [0.5, 0.6) is 0 Å². The van der Waals surface area contributed by atoms with E-state index in [1.165, 1.54) is 6.42 Å². The van der Waals surface area contributed by atoms with Crippen LogP contribution in [-0.2, 0) is 9.53 Å². The van der Waals surface area contributed by atoms with Gasteiger partial charge in [-0.15, -0.1) is 12.4 Å². The summed E-state index contributed by atoms with van der Waals surface area (Å²) in [5.41, 5.74) is 6.07. The van der Waals surface area contributed by atoms with Crippen molar-refractivity contribution in [3.63, 3.8) is 0 Å². The van der Waals surface area contributed by atoms with Crippen molar-refractivity contribution in [2.45, 2.75) is 37.8 Å². The average Bonchev–Trinajstić information content (AvgIpc) is 2.96. The van der Waals surface area contributed by atoms with Crippen LogP contribution in [0.3, 0.4) is 0 Å². The maximum Gasteiger partial charge on any atom is 0.251 e. The van der Waals surface area contributed by atoms with Crippen LogP contribution in [0.1, 0.15) is 25.7 Å². The van der Waals surface area contributed by atoms with E-state index in [-0.39, 0.29) is 24.4 Å². The molecule has 0 radical (unpaired) electrons. The Bertz CT molecular complexity index is 294. The second-order valence-electron chi connectivity index (χ2n) is 5.41. The molecule has 3 unspecified atom stereocenters. The number of nitrogens with two attached hydrogens (primary N) is 1. The molecule has 17 heavy (non-hydrogen) atoms. The average molecular weight is 261 g/mol. The number of rotatable bonds is 1. The molecule has 1 aliphatic carbocycles. The molecule has 5 heteroatoms. The number of hydrogen-bond acceptors (Lipinski definition) is 3. The van der Waals surface area contributed by atoms with Crippen LogP contribution >= 0.6 is 12.4 Å². The highest BCUT2D eigenvalue weighted by Gasteiger charge is 2.44. The van der Waals surface area contributed by atoms with Gasteiger partial charge in [0.05, 0.1) is 0 Å². The highest BCUT2D eigenvalue weighted by molar-refractivity contribution is 5.85. The summed E-state index contributed by atoms with van der Waals surface area (Å²) in [6, 6.07) is 0.312. The first-order chi connectivity index (χ1) is 7.75. The summed E-state index contributed by atoms with van der Waals surface area (Å²) < 4.78 is 5.45. The fourth-order valence-electron chi connectivity index (χ4n) is 3.46. The van der Waals surface area contributed by atoms with Crippen molar-refractivity contribution in [2.24, 2.45) is 17.6 Å². The summed E-state index contributed by atoms with van der Waals surface area (Å²) in [7, 11) is 0. The molecule has 0 aromatic rings. The van der Waals surface area contributed by atoms with Crippen molar-refractivity contribution in [3.05, 3.63) is 0 Å². The van der Waals surface area contributed by atoms with Crippen molar-refractivity contribution in [2.75, 3.05) is 19.7 Å². The van der Waals surface area contributed by atoms with Gasteiger partial charge in [0.2, 0.25) is 0 Å². The summed E-state index contributed by atoms with van der Waals surface area (Å²) in [5.74, 6) is 1.41. The van der Waals surface area contributed by atoms with E-state index in [0.29, 0.717) is 17.9 Å². The van der Waals surface area contributed by atoms with Crippen molar-refractivity contribution in [3.8, 4) is 0 Å². The lowest BCUT2D eigenvalue weighted by Crippen LogP contribution is -2.39. The minimum Gasteiger partial charge on any atom is -0.368 e. The SMILES string of the molecule is Cl.NC1CCC2CN(C(=O)[C@@H]3CCCO3)CC12. The van der Waals surface area contributed by atoms with Gasteiger partial charge < -0.3 is 15.4 Å². The van der Waals surface area contributed by atoms with Gasteiger partial charge in [-0.3, -0.25) is 4.79 Å². The van der Waals surface area contributed by atoms with Crippen LogP contribution < -0.4 is 5.73 Å². The number of fused-ring (bicyclic) bond motifs is 1. The summed E-state index contributed by atoms with van der Waals surface area (Å²) in [4.78, 5) is 14.1. The van der Waals surface area contributed by atoms with Gasteiger partial charge in [-0.05, 0) is 37.5 Å². The first-order valence-electron chi connectivity index (χ1n) is 6.41. The molecule has 1 amide bonds. The van der Waals surface area contributed by atoms with Gasteiger partial charge in [0.1, 0.15) is 6.10 Å². The fourth-order valence-corrected chi connectivity index (χ4v) is 3.46. The molecule has 3 rings (SSSR count). The van der Waals surface area contributed by atoms with Crippen molar-refractivity contribution >= 4 is 18.3 Å². The zero-order chi connectivity index (χ0) is 11.1. The third-order valence-corrected chi connectivity index (χ3v) is 4.43. The molecule has 4 nitrogen and oxygen atoms in total. The Kier molecular flexibility index (Phi) is 3.95.